The maximum absolute atomic E-state index is 13.0. The van der Waals surface area contributed by atoms with Crippen LogP contribution in [0.4, 0.5) is 0 Å². The molecule has 0 saturated heterocycles. The van der Waals surface area contributed by atoms with Gasteiger partial charge in [-0.2, -0.15) is 0 Å². The number of aliphatic imine (C=N–C) groups is 2. The third kappa shape index (κ3) is 16.3. The van der Waals surface area contributed by atoms with E-state index in [2.05, 4.69) is 25.9 Å². The topological polar surface area (TPSA) is 317 Å². The van der Waals surface area contributed by atoms with Crippen LogP contribution < -0.4 is 44.6 Å². The molecule has 17 nitrogen and oxygen atoms in total. The first-order chi connectivity index (χ1) is 18.1. The van der Waals surface area contributed by atoms with Gasteiger partial charge in [-0.3, -0.25) is 29.2 Å². The molecule has 0 radical (unpaired) electrons. The van der Waals surface area contributed by atoms with E-state index >= 15 is 0 Å². The lowest BCUT2D eigenvalue weighted by Gasteiger charge is -2.25. The second kappa shape index (κ2) is 18.2. The Labute approximate surface area is 226 Å². The van der Waals surface area contributed by atoms with Crippen LogP contribution in [0.5, 0.6) is 0 Å². The fourth-order valence-corrected chi connectivity index (χ4v) is 3.36. The number of carboxylic acids is 2. The van der Waals surface area contributed by atoms with Crippen LogP contribution in [0.2, 0.25) is 0 Å². The monoisotopic (exact) mass is 558 g/mol. The summed E-state index contributed by atoms with van der Waals surface area (Å²) in [5, 5.41) is 25.8. The van der Waals surface area contributed by atoms with E-state index in [4.69, 9.17) is 28.7 Å². The van der Waals surface area contributed by atoms with Crippen LogP contribution in [0.15, 0.2) is 9.98 Å². The quantitative estimate of drug-likeness (QED) is 0.0419. The van der Waals surface area contributed by atoms with Crippen molar-refractivity contribution in [3.8, 4) is 0 Å². The zero-order valence-corrected chi connectivity index (χ0v) is 22.3. The van der Waals surface area contributed by atoms with Crippen LogP contribution in [0.3, 0.4) is 0 Å². The molecule has 15 N–H and O–H groups in total. The average molecular weight is 559 g/mol. The fraction of sp³-hybridized carbons (Fsp3) is 0.682. The lowest BCUT2D eigenvalue weighted by atomic mass is 10.0. The lowest BCUT2D eigenvalue weighted by molar-refractivity contribution is -0.143. The predicted octanol–water partition coefficient (Wildman–Crippen LogP) is -3.52. The molecule has 4 unspecified atom stereocenters. The summed E-state index contributed by atoms with van der Waals surface area (Å²) in [4.78, 5) is 69.0. The number of nitrogens with two attached hydrogens (primary N) is 5. The van der Waals surface area contributed by atoms with Gasteiger partial charge in [-0.05, 0) is 38.0 Å². The number of hydrogen-bond donors (Lipinski definition) is 10. The lowest BCUT2D eigenvalue weighted by Crippen LogP contribution is -2.57. The van der Waals surface area contributed by atoms with E-state index in [0.717, 1.165) is 0 Å². The maximum atomic E-state index is 13.0. The largest absolute Gasteiger partial charge is 0.481 e. The van der Waals surface area contributed by atoms with Gasteiger partial charge >= 0.3 is 11.9 Å². The second-order valence-corrected chi connectivity index (χ2v) is 9.25. The molecule has 0 saturated carbocycles. The Morgan fingerprint density at radius 1 is 0.718 bits per heavy atom. The van der Waals surface area contributed by atoms with Crippen molar-refractivity contribution in [3.63, 3.8) is 0 Å². The van der Waals surface area contributed by atoms with Crippen molar-refractivity contribution < 1.29 is 34.2 Å². The van der Waals surface area contributed by atoms with E-state index in [1.807, 2.05) is 13.8 Å². The van der Waals surface area contributed by atoms with Crippen LogP contribution in [0.1, 0.15) is 52.4 Å². The predicted molar refractivity (Wildman–Crippen MR) is 143 cm³/mol. The van der Waals surface area contributed by atoms with Gasteiger partial charge in [-0.1, -0.05) is 13.8 Å². The van der Waals surface area contributed by atoms with E-state index in [1.54, 1.807) is 0 Å². The van der Waals surface area contributed by atoms with Crippen molar-refractivity contribution >= 4 is 41.6 Å². The molecule has 0 aromatic carbocycles. The van der Waals surface area contributed by atoms with Crippen molar-refractivity contribution in [1.82, 2.24) is 16.0 Å². The Morgan fingerprint density at radius 2 is 1.15 bits per heavy atom. The summed E-state index contributed by atoms with van der Waals surface area (Å²) >= 11 is 0. The minimum atomic E-state index is -1.55. The van der Waals surface area contributed by atoms with Gasteiger partial charge in [0.15, 0.2) is 11.9 Å². The molecule has 0 spiro atoms. The summed E-state index contributed by atoms with van der Waals surface area (Å²) in [6.07, 6.45) is -0.0966. The zero-order valence-electron chi connectivity index (χ0n) is 22.3. The van der Waals surface area contributed by atoms with Crippen molar-refractivity contribution in [2.45, 2.75) is 76.5 Å². The van der Waals surface area contributed by atoms with Gasteiger partial charge in [0.2, 0.25) is 17.7 Å². The molecule has 17 heteroatoms. The molecule has 39 heavy (non-hydrogen) atoms. The minimum absolute atomic E-state index is 0.0159. The van der Waals surface area contributed by atoms with Gasteiger partial charge in [0, 0.05) is 13.1 Å². The Balaban J connectivity index is 5.66. The molecule has 0 aliphatic carbocycles. The molecular weight excluding hydrogens is 516 g/mol. The number of rotatable bonds is 19. The Kier molecular flexibility index (Phi) is 16.2. The van der Waals surface area contributed by atoms with Crippen molar-refractivity contribution in [3.05, 3.63) is 0 Å². The summed E-state index contributed by atoms with van der Waals surface area (Å²) in [5.41, 5.74) is 26.9. The normalized spacial score (nSPS) is 13.7. The highest BCUT2D eigenvalue weighted by atomic mass is 16.4. The van der Waals surface area contributed by atoms with Crippen LogP contribution in [0.25, 0.3) is 0 Å². The molecule has 0 fully saturated rings. The van der Waals surface area contributed by atoms with Crippen LogP contribution >= 0.6 is 0 Å². The molecule has 0 heterocycles. The zero-order chi connectivity index (χ0) is 30.1. The SMILES string of the molecule is CC(C)CC(N)C(=O)NC(CC(=O)O)C(=O)NC(CCCN=C(N)N)C(=O)NC(CCCN=C(N)N)C(=O)O. The van der Waals surface area contributed by atoms with E-state index in [0.29, 0.717) is 6.42 Å². The summed E-state index contributed by atoms with van der Waals surface area (Å²) in [7, 11) is 0. The number of hydrogen-bond acceptors (Lipinski definition) is 8. The number of carbonyl (C=O) groups is 5. The maximum Gasteiger partial charge on any atom is 0.326 e. The summed E-state index contributed by atoms with van der Waals surface area (Å²) in [6.45, 7) is 3.91. The van der Waals surface area contributed by atoms with Gasteiger partial charge < -0.3 is 54.8 Å². The number of carboxylic acid groups (broad SMARTS) is 2. The third-order valence-corrected chi connectivity index (χ3v) is 5.21. The summed E-state index contributed by atoms with van der Waals surface area (Å²) < 4.78 is 0. The van der Waals surface area contributed by atoms with Crippen LogP contribution in [0, 0.1) is 5.92 Å². The molecule has 0 aromatic rings. The number of guanidine groups is 2. The molecule has 0 aromatic heterocycles. The van der Waals surface area contributed by atoms with Gasteiger partial charge in [-0.15, -0.1) is 0 Å². The number of amides is 3. The average Bonchev–Trinajstić information content (AvgIpc) is 2.80. The summed E-state index contributed by atoms with van der Waals surface area (Å²) in [5.74, 6) is -5.54. The smallest absolute Gasteiger partial charge is 0.326 e. The molecule has 3 amide bonds. The molecular formula is C22H42N10O7. The number of nitrogens with one attached hydrogen (secondary N) is 3. The van der Waals surface area contributed by atoms with Gasteiger partial charge in [0.25, 0.3) is 0 Å². The van der Waals surface area contributed by atoms with E-state index < -0.39 is 60.2 Å². The fourth-order valence-electron chi connectivity index (χ4n) is 3.36. The van der Waals surface area contributed by atoms with Crippen LogP contribution in [-0.2, 0) is 24.0 Å². The van der Waals surface area contributed by atoms with Gasteiger partial charge in [-0.25, -0.2) is 4.79 Å². The first kappa shape index (κ1) is 34.9. The first-order valence-electron chi connectivity index (χ1n) is 12.4. The van der Waals surface area contributed by atoms with Gasteiger partial charge in [0.1, 0.15) is 18.1 Å². The van der Waals surface area contributed by atoms with Crippen molar-refractivity contribution in [2.75, 3.05) is 13.1 Å². The van der Waals surface area contributed by atoms with Crippen molar-refractivity contribution in [1.29, 1.82) is 0 Å². The van der Waals surface area contributed by atoms with E-state index in [9.17, 15) is 34.2 Å². The van der Waals surface area contributed by atoms with E-state index in [1.165, 1.54) is 0 Å². The Bertz CT molecular complexity index is 902. The van der Waals surface area contributed by atoms with E-state index in [-0.39, 0.29) is 56.6 Å². The highest BCUT2D eigenvalue weighted by Gasteiger charge is 2.31. The molecule has 4 atom stereocenters. The molecule has 0 rings (SSSR count). The number of carbonyl (C=O) groups excluding carboxylic acids is 3. The molecule has 0 aliphatic heterocycles. The minimum Gasteiger partial charge on any atom is -0.481 e. The Hall–Kier alpha value is -4.15. The first-order valence-corrected chi connectivity index (χ1v) is 12.4. The third-order valence-electron chi connectivity index (χ3n) is 5.21. The Morgan fingerprint density at radius 3 is 1.59 bits per heavy atom. The standard InChI is InChI=1S/C22H42N10O7/c1-11(2)9-12(23)17(35)32-15(10-16(33)34)19(37)30-13(5-3-7-28-21(24)25)18(36)31-14(20(38)39)6-4-8-29-22(26)27/h11-15H,3-10,23H2,1-2H3,(H,30,37)(H,31,36)(H,32,35)(H,33,34)(H,38,39)(H4,24,25,28)(H4,26,27,29). The second-order valence-electron chi connectivity index (χ2n) is 9.25. The molecule has 222 valence electrons. The highest BCUT2D eigenvalue weighted by Crippen LogP contribution is 2.07. The van der Waals surface area contributed by atoms with Crippen molar-refractivity contribution in [2.24, 2.45) is 44.6 Å². The number of nitrogens with zero attached hydrogens (tertiary/aromatic N) is 2. The van der Waals surface area contributed by atoms with Gasteiger partial charge in [0.05, 0.1) is 12.5 Å². The highest BCUT2D eigenvalue weighted by molar-refractivity contribution is 5.95. The van der Waals surface area contributed by atoms with Crippen LogP contribution in [-0.4, -0.2) is 89.0 Å². The summed E-state index contributed by atoms with van der Waals surface area (Å²) in [6, 6.07) is -5.16. The molecule has 0 bridgehead atoms. The molecule has 0 aliphatic rings. The number of aliphatic carboxylic acids is 2.